The molecule has 1 aliphatic rings. The molecule has 0 bridgehead atoms. The molecule has 4 heterocycles. The Morgan fingerprint density at radius 1 is 1.08 bits per heavy atom. The van der Waals surface area contributed by atoms with Gasteiger partial charge in [0.25, 0.3) is 5.91 Å². The lowest BCUT2D eigenvalue weighted by atomic mass is 9.92. The van der Waals surface area contributed by atoms with Crippen LogP contribution < -0.4 is 15.8 Å². The Balaban J connectivity index is 0.000000794. The maximum absolute atomic E-state index is 13.5. The van der Waals surface area contributed by atoms with E-state index in [4.69, 9.17) is 10.5 Å². The third-order valence-corrected chi connectivity index (χ3v) is 8.27. The van der Waals surface area contributed by atoms with E-state index in [0.29, 0.717) is 41.2 Å². The first-order chi connectivity index (χ1) is 22.8. The van der Waals surface area contributed by atoms with Crippen LogP contribution in [0.25, 0.3) is 11.0 Å². The molecule has 0 unspecified atom stereocenters. The Labute approximate surface area is 278 Å². The lowest BCUT2D eigenvalue weighted by molar-refractivity contribution is -0.138. The van der Waals surface area contributed by atoms with Crippen LogP contribution in [0.15, 0.2) is 48.8 Å². The smallest absolute Gasteiger partial charge is 0.416 e. The van der Waals surface area contributed by atoms with Crippen LogP contribution >= 0.6 is 0 Å². The molecule has 1 atom stereocenters. The Morgan fingerprint density at radius 3 is 2.42 bits per heavy atom. The summed E-state index contributed by atoms with van der Waals surface area (Å²) in [6, 6.07) is 8.21. The Bertz CT molecular complexity index is 1740. The number of aromatic amines is 1. The number of fused-ring (bicyclic) bond motifs is 2. The second-order valence-electron chi connectivity index (χ2n) is 11.7. The number of nitrogens with two attached hydrogens (primary N) is 1. The van der Waals surface area contributed by atoms with Crippen LogP contribution in [-0.2, 0) is 19.3 Å². The molecular formula is C34H43F3N8O3. The highest BCUT2D eigenvalue weighted by Gasteiger charge is 2.34. The van der Waals surface area contributed by atoms with E-state index in [0.717, 1.165) is 30.4 Å². The van der Waals surface area contributed by atoms with Crippen molar-refractivity contribution in [1.82, 2.24) is 29.7 Å². The van der Waals surface area contributed by atoms with Gasteiger partial charge in [-0.05, 0) is 68.0 Å². The average Bonchev–Trinajstić information content (AvgIpc) is 3.52. The number of H-pyrrole nitrogens is 1. The molecule has 1 aromatic carbocycles. The van der Waals surface area contributed by atoms with Crippen molar-refractivity contribution in [3.8, 4) is 11.5 Å². The molecule has 0 aliphatic carbocycles. The van der Waals surface area contributed by atoms with E-state index in [-0.39, 0.29) is 36.2 Å². The number of benzene rings is 1. The summed E-state index contributed by atoms with van der Waals surface area (Å²) in [5.74, 6) is 0.612. The van der Waals surface area contributed by atoms with E-state index < -0.39 is 17.8 Å². The summed E-state index contributed by atoms with van der Waals surface area (Å²) >= 11 is 0. The molecule has 0 spiro atoms. The number of amides is 3. The zero-order valence-corrected chi connectivity index (χ0v) is 28.1. The average molecular weight is 669 g/mol. The Hall–Kier alpha value is -4.69. The van der Waals surface area contributed by atoms with Gasteiger partial charge in [0.05, 0.1) is 22.8 Å². The minimum absolute atomic E-state index is 0.0268. The number of halogens is 3. The molecule has 11 nitrogen and oxygen atoms in total. The van der Waals surface area contributed by atoms with E-state index in [1.165, 1.54) is 17.0 Å². The van der Waals surface area contributed by atoms with E-state index in [1.54, 1.807) is 49.6 Å². The van der Waals surface area contributed by atoms with Crippen LogP contribution in [0.2, 0.25) is 0 Å². The molecule has 3 amide bonds. The molecule has 14 heteroatoms. The van der Waals surface area contributed by atoms with Gasteiger partial charge < -0.3 is 35.5 Å². The predicted molar refractivity (Wildman–Crippen MR) is 179 cm³/mol. The molecule has 1 aliphatic heterocycles. The predicted octanol–water partition coefficient (Wildman–Crippen LogP) is 6.43. The van der Waals surface area contributed by atoms with Gasteiger partial charge in [0, 0.05) is 51.5 Å². The zero-order chi connectivity index (χ0) is 35.2. The minimum atomic E-state index is -4.60. The highest BCUT2D eigenvalue weighted by atomic mass is 19.4. The molecule has 258 valence electrons. The molecule has 3 aromatic heterocycles. The zero-order valence-electron chi connectivity index (χ0n) is 28.1. The quantitative estimate of drug-likeness (QED) is 0.197. The number of ether oxygens (including phenoxy) is 1. The second-order valence-corrected chi connectivity index (χ2v) is 11.7. The van der Waals surface area contributed by atoms with Crippen LogP contribution in [0.3, 0.4) is 0 Å². The van der Waals surface area contributed by atoms with Crippen molar-refractivity contribution in [3.63, 3.8) is 0 Å². The van der Waals surface area contributed by atoms with Gasteiger partial charge in [-0.2, -0.15) is 13.2 Å². The summed E-state index contributed by atoms with van der Waals surface area (Å²) in [6.45, 7) is 8.89. The standard InChI is InChI=1S/C29H30F3N7O3.C5H13N/c1-4-16-14-39(28(41)36-19-6-5-17(12-33)22(10-19)29(30,31)32)15-18-9-20(13-35-25(16)18)42-24-7-8-34-26-21(24)11-23(37-26)27(40)38(2)3;1-4-6(3)5-2/h5-11,13,16H,4,12,14-15,33H2,1-3H3,(H,34,37)(H,36,41);4-5H2,1-3H3/t16-;/m0./s1. The molecule has 0 radical (unpaired) electrons. The highest BCUT2D eigenvalue weighted by Crippen LogP contribution is 2.36. The fourth-order valence-electron chi connectivity index (χ4n) is 5.25. The van der Waals surface area contributed by atoms with E-state index >= 15 is 0 Å². The maximum Gasteiger partial charge on any atom is 0.416 e. The molecule has 4 N–H and O–H groups in total. The van der Waals surface area contributed by atoms with E-state index in [1.807, 2.05) is 6.92 Å². The van der Waals surface area contributed by atoms with Crippen molar-refractivity contribution in [3.05, 3.63) is 76.9 Å². The SMILES string of the molecule is CCN(C)CC.CC[C@H]1CN(C(=O)Nc2ccc(CN)c(C(F)(F)F)c2)Cc2cc(Oc3ccnc4[nH]c(C(=O)N(C)C)cc34)cnc21. The summed E-state index contributed by atoms with van der Waals surface area (Å²) in [7, 11) is 5.42. The number of hydrogen-bond acceptors (Lipinski definition) is 7. The lowest BCUT2D eigenvalue weighted by Gasteiger charge is -2.33. The fourth-order valence-corrected chi connectivity index (χ4v) is 5.25. The number of urea groups is 1. The Kier molecular flexibility index (Phi) is 11.7. The number of aromatic nitrogens is 3. The van der Waals surface area contributed by atoms with Crippen molar-refractivity contribution in [2.75, 3.05) is 46.1 Å². The minimum Gasteiger partial charge on any atom is -0.455 e. The summed E-state index contributed by atoms with van der Waals surface area (Å²) in [4.78, 5) is 42.8. The summed E-state index contributed by atoms with van der Waals surface area (Å²) in [6.07, 6.45) is -0.726. The number of nitrogens with one attached hydrogen (secondary N) is 2. The normalized spacial score (nSPS) is 14.3. The first-order valence-corrected chi connectivity index (χ1v) is 15.8. The molecular weight excluding hydrogens is 625 g/mol. The van der Waals surface area contributed by atoms with Gasteiger partial charge in [-0.15, -0.1) is 0 Å². The number of pyridine rings is 2. The van der Waals surface area contributed by atoms with Crippen LogP contribution in [0, 0.1) is 0 Å². The van der Waals surface area contributed by atoms with Crippen molar-refractivity contribution in [2.24, 2.45) is 5.73 Å². The number of anilines is 1. The molecule has 0 saturated heterocycles. The van der Waals surface area contributed by atoms with E-state index in [2.05, 4.69) is 46.1 Å². The number of carbonyl (C=O) groups excluding carboxylic acids is 2. The van der Waals surface area contributed by atoms with E-state index in [9.17, 15) is 22.8 Å². The number of hydrogen-bond donors (Lipinski definition) is 3. The van der Waals surface area contributed by atoms with Crippen molar-refractivity contribution in [2.45, 2.75) is 52.4 Å². The molecule has 5 rings (SSSR count). The maximum atomic E-state index is 13.5. The molecule has 48 heavy (non-hydrogen) atoms. The van der Waals surface area contributed by atoms with Crippen LogP contribution in [0.4, 0.5) is 23.7 Å². The van der Waals surface area contributed by atoms with Gasteiger partial charge in [-0.25, -0.2) is 9.78 Å². The largest absolute Gasteiger partial charge is 0.455 e. The van der Waals surface area contributed by atoms with Crippen LogP contribution in [0.1, 0.15) is 66.0 Å². The topological polar surface area (TPSA) is 133 Å². The molecule has 4 aromatic rings. The van der Waals surface area contributed by atoms with Gasteiger partial charge >= 0.3 is 12.2 Å². The van der Waals surface area contributed by atoms with Crippen molar-refractivity contribution >= 4 is 28.7 Å². The first-order valence-electron chi connectivity index (χ1n) is 15.8. The molecule has 0 saturated carbocycles. The van der Waals surface area contributed by atoms with Crippen LogP contribution in [-0.4, -0.2) is 82.4 Å². The lowest BCUT2D eigenvalue weighted by Crippen LogP contribution is -2.41. The highest BCUT2D eigenvalue weighted by molar-refractivity contribution is 5.98. The number of carbonyl (C=O) groups is 2. The summed E-state index contributed by atoms with van der Waals surface area (Å²) < 4.78 is 46.7. The third kappa shape index (κ3) is 8.42. The van der Waals surface area contributed by atoms with Crippen molar-refractivity contribution in [1.29, 1.82) is 0 Å². The first kappa shape index (κ1) is 36.2. The van der Waals surface area contributed by atoms with Gasteiger partial charge in [0.1, 0.15) is 22.8 Å². The monoisotopic (exact) mass is 668 g/mol. The molecule has 0 fully saturated rings. The van der Waals surface area contributed by atoms with Gasteiger partial charge in [-0.1, -0.05) is 26.8 Å². The number of alkyl halides is 3. The van der Waals surface area contributed by atoms with Crippen LogP contribution in [0.5, 0.6) is 11.5 Å². The van der Waals surface area contributed by atoms with Crippen molar-refractivity contribution < 1.29 is 27.5 Å². The second kappa shape index (κ2) is 15.5. The third-order valence-electron chi connectivity index (χ3n) is 8.27. The van der Waals surface area contributed by atoms with Gasteiger partial charge in [0.15, 0.2) is 0 Å². The summed E-state index contributed by atoms with van der Waals surface area (Å²) in [5, 5.41) is 3.22. The Morgan fingerprint density at radius 2 is 1.81 bits per heavy atom. The fraction of sp³-hybridized carbons (Fsp3) is 0.412. The summed E-state index contributed by atoms with van der Waals surface area (Å²) in [5.41, 5.74) is 7.02. The number of rotatable bonds is 8. The number of nitrogens with zero attached hydrogens (tertiary/aromatic N) is 5. The van der Waals surface area contributed by atoms with Gasteiger partial charge in [0.2, 0.25) is 0 Å². The van der Waals surface area contributed by atoms with Gasteiger partial charge in [-0.3, -0.25) is 9.78 Å².